The van der Waals surface area contributed by atoms with E-state index in [4.69, 9.17) is 15.7 Å². The number of rotatable bonds is 3. The van der Waals surface area contributed by atoms with Crippen LogP contribution in [0.4, 0.5) is 0 Å². The molecule has 4 nitrogen and oxygen atoms in total. The molecule has 1 heterocycles. The maximum absolute atomic E-state index is 8.93. The third-order valence-electron chi connectivity index (χ3n) is 3.48. The summed E-state index contributed by atoms with van der Waals surface area (Å²) in [6, 6.07) is 10.3. The molecule has 0 aromatic heterocycles. The quantitative estimate of drug-likeness (QED) is 0.871. The van der Waals surface area contributed by atoms with E-state index in [0.29, 0.717) is 12.1 Å². The summed E-state index contributed by atoms with van der Waals surface area (Å²) in [5, 5.41) is 8.93. The van der Waals surface area contributed by atoms with E-state index in [1.807, 2.05) is 18.2 Å². The van der Waals surface area contributed by atoms with Crippen molar-refractivity contribution in [1.82, 2.24) is 4.90 Å². The number of benzene rings is 1. The molecular formula is C14H19N3O. The van der Waals surface area contributed by atoms with E-state index >= 15 is 0 Å². The Morgan fingerprint density at radius 3 is 3.17 bits per heavy atom. The van der Waals surface area contributed by atoms with Crippen LogP contribution in [0.2, 0.25) is 0 Å². The summed E-state index contributed by atoms with van der Waals surface area (Å²) in [5.74, 6) is 0. The molecule has 0 spiro atoms. The minimum Gasteiger partial charge on any atom is -0.374 e. The Labute approximate surface area is 108 Å². The predicted octanol–water partition coefficient (Wildman–Crippen LogP) is 1.28. The Morgan fingerprint density at radius 1 is 1.61 bits per heavy atom. The number of hydrogen-bond acceptors (Lipinski definition) is 4. The molecule has 1 aromatic rings. The molecule has 2 N–H and O–H groups in total. The van der Waals surface area contributed by atoms with Crippen LogP contribution in [-0.2, 0) is 4.74 Å². The van der Waals surface area contributed by atoms with Crippen LogP contribution < -0.4 is 5.73 Å². The van der Waals surface area contributed by atoms with E-state index < -0.39 is 0 Å². The standard InChI is InChI=1S/C14H19N3O/c1-11(13-4-2-3-12(7-13)8-15)17-5-6-18-14(9-16)10-17/h2-4,7,11,14H,5-6,9-10,16H2,1H3. The van der Waals surface area contributed by atoms with Crippen LogP contribution in [0.3, 0.4) is 0 Å². The average molecular weight is 245 g/mol. The number of nitrogens with zero attached hydrogens (tertiary/aromatic N) is 2. The molecule has 18 heavy (non-hydrogen) atoms. The van der Waals surface area contributed by atoms with Gasteiger partial charge in [-0.2, -0.15) is 5.26 Å². The minimum atomic E-state index is 0.125. The van der Waals surface area contributed by atoms with E-state index in [-0.39, 0.29) is 12.1 Å². The molecular weight excluding hydrogens is 226 g/mol. The van der Waals surface area contributed by atoms with Gasteiger partial charge in [0, 0.05) is 25.7 Å². The first-order valence-corrected chi connectivity index (χ1v) is 6.30. The Hall–Kier alpha value is -1.41. The van der Waals surface area contributed by atoms with Crippen LogP contribution in [0.15, 0.2) is 24.3 Å². The summed E-state index contributed by atoms with van der Waals surface area (Å²) in [4.78, 5) is 2.36. The van der Waals surface area contributed by atoms with Crippen LogP contribution in [0, 0.1) is 11.3 Å². The molecule has 1 fully saturated rings. The topological polar surface area (TPSA) is 62.3 Å². The number of nitrogens with two attached hydrogens (primary N) is 1. The monoisotopic (exact) mass is 245 g/mol. The first-order chi connectivity index (χ1) is 8.74. The highest BCUT2D eigenvalue weighted by Gasteiger charge is 2.24. The zero-order valence-electron chi connectivity index (χ0n) is 10.7. The minimum absolute atomic E-state index is 0.125. The second-order valence-electron chi connectivity index (χ2n) is 4.64. The summed E-state index contributed by atoms with van der Waals surface area (Å²) >= 11 is 0. The van der Waals surface area contributed by atoms with Gasteiger partial charge in [0.25, 0.3) is 0 Å². The first kappa shape index (κ1) is 13.0. The molecule has 4 heteroatoms. The Balaban J connectivity index is 2.10. The predicted molar refractivity (Wildman–Crippen MR) is 69.9 cm³/mol. The van der Waals surface area contributed by atoms with Crippen molar-refractivity contribution in [3.8, 4) is 6.07 Å². The van der Waals surface area contributed by atoms with Crippen molar-refractivity contribution in [2.24, 2.45) is 5.73 Å². The summed E-state index contributed by atoms with van der Waals surface area (Å²) in [6.07, 6.45) is 0.125. The van der Waals surface area contributed by atoms with Gasteiger partial charge in [-0.1, -0.05) is 12.1 Å². The third kappa shape index (κ3) is 2.88. The van der Waals surface area contributed by atoms with Crippen molar-refractivity contribution in [3.63, 3.8) is 0 Å². The molecule has 0 amide bonds. The van der Waals surface area contributed by atoms with Gasteiger partial charge in [0.15, 0.2) is 0 Å². The molecule has 2 rings (SSSR count). The summed E-state index contributed by atoms with van der Waals surface area (Å²) in [5.41, 5.74) is 7.54. The van der Waals surface area contributed by atoms with Gasteiger partial charge in [-0.05, 0) is 24.6 Å². The average Bonchev–Trinajstić information content (AvgIpc) is 2.46. The highest BCUT2D eigenvalue weighted by Crippen LogP contribution is 2.23. The maximum atomic E-state index is 8.93. The normalized spacial score (nSPS) is 22.4. The highest BCUT2D eigenvalue weighted by atomic mass is 16.5. The molecule has 2 unspecified atom stereocenters. The molecule has 1 aliphatic heterocycles. The van der Waals surface area contributed by atoms with Gasteiger partial charge < -0.3 is 10.5 Å². The van der Waals surface area contributed by atoms with Gasteiger partial charge >= 0.3 is 0 Å². The van der Waals surface area contributed by atoms with Gasteiger partial charge in [0.1, 0.15) is 0 Å². The van der Waals surface area contributed by atoms with Crippen LogP contribution in [0.1, 0.15) is 24.1 Å². The largest absolute Gasteiger partial charge is 0.374 e. The van der Waals surface area contributed by atoms with Gasteiger partial charge in [-0.15, -0.1) is 0 Å². The van der Waals surface area contributed by atoms with Crippen molar-refractivity contribution in [3.05, 3.63) is 35.4 Å². The summed E-state index contributed by atoms with van der Waals surface area (Å²) in [7, 11) is 0. The number of hydrogen-bond donors (Lipinski definition) is 1. The number of nitriles is 1. The van der Waals surface area contributed by atoms with Gasteiger partial charge in [0.05, 0.1) is 24.3 Å². The fraction of sp³-hybridized carbons (Fsp3) is 0.500. The van der Waals surface area contributed by atoms with Gasteiger partial charge in [-0.3, -0.25) is 4.90 Å². The molecule has 0 aliphatic carbocycles. The Morgan fingerprint density at radius 2 is 2.44 bits per heavy atom. The zero-order valence-corrected chi connectivity index (χ0v) is 10.7. The van der Waals surface area contributed by atoms with Gasteiger partial charge in [-0.25, -0.2) is 0 Å². The Bertz CT molecular complexity index is 441. The lowest BCUT2D eigenvalue weighted by Gasteiger charge is -2.36. The SMILES string of the molecule is CC(c1cccc(C#N)c1)N1CCOC(CN)C1. The molecule has 2 atom stereocenters. The van der Waals surface area contributed by atoms with Crippen LogP contribution in [0.25, 0.3) is 0 Å². The fourth-order valence-corrected chi connectivity index (χ4v) is 2.32. The first-order valence-electron chi connectivity index (χ1n) is 6.30. The number of ether oxygens (including phenoxy) is 1. The van der Waals surface area contributed by atoms with Crippen molar-refractivity contribution < 1.29 is 4.74 Å². The van der Waals surface area contributed by atoms with E-state index in [1.54, 1.807) is 0 Å². The lowest BCUT2D eigenvalue weighted by atomic mass is 10.0. The van der Waals surface area contributed by atoms with Crippen molar-refractivity contribution in [2.45, 2.75) is 19.1 Å². The summed E-state index contributed by atoms with van der Waals surface area (Å²) in [6.45, 7) is 5.21. The van der Waals surface area contributed by atoms with Crippen LogP contribution >= 0.6 is 0 Å². The van der Waals surface area contributed by atoms with Crippen molar-refractivity contribution in [1.29, 1.82) is 5.26 Å². The second kappa shape index (κ2) is 5.96. The molecule has 96 valence electrons. The molecule has 1 aromatic carbocycles. The number of morpholine rings is 1. The molecule has 1 saturated heterocycles. The van der Waals surface area contributed by atoms with E-state index in [1.165, 1.54) is 5.56 Å². The molecule has 0 radical (unpaired) electrons. The lowest BCUT2D eigenvalue weighted by molar-refractivity contribution is -0.0364. The van der Waals surface area contributed by atoms with Crippen molar-refractivity contribution in [2.75, 3.05) is 26.2 Å². The smallest absolute Gasteiger partial charge is 0.0991 e. The van der Waals surface area contributed by atoms with Crippen LogP contribution in [-0.4, -0.2) is 37.2 Å². The van der Waals surface area contributed by atoms with Gasteiger partial charge in [0.2, 0.25) is 0 Å². The van der Waals surface area contributed by atoms with E-state index in [9.17, 15) is 0 Å². The van der Waals surface area contributed by atoms with Crippen LogP contribution in [0.5, 0.6) is 0 Å². The molecule has 0 bridgehead atoms. The Kier molecular flexibility index (Phi) is 4.32. The molecule has 1 aliphatic rings. The molecule has 0 saturated carbocycles. The fourth-order valence-electron chi connectivity index (χ4n) is 2.32. The van der Waals surface area contributed by atoms with E-state index in [0.717, 1.165) is 19.7 Å². The lowest BCUT2D eigenvalue weighted by Crippen LogP contribution is -2.46. The zero-order chi connectivity index (χ0) is 13.0. The highest BCUT2D eigenvalue weighted by molar-refractivity contribution is 5.34. The van der Waals surface area contributed by atoms with E-state index in [2.05, 4.69) is 24.0 Å². The second-order valence-corrected chi connectivity index (χ2v) is 4.64. The van der Waals surface area contributed by atoms with Crippen molar-refractivity contribution >= 4 is 0 Å². The maximum Gasteiger partial charge on any atom is 0.0991 e. The summed E-state index contributed by atoms with van der Waals surface area (Å²) < 4.78 is 5.57. The third-order valence-corrected chi connectivity index (χ3v) is 3.48.